The highest BCUT2D eigenvalue weighted by molar-refractivity contribution is 5.88. The Labute approximate surface area is 138 Å². The number of hydrogen-bond acceptors (Lipinski definition) is 2. The Kier molecular flexibility index (Phi) is 5.34. The van der Waals surface area contributed by atoms with E-state index in [4.69, 9.17) is 0 Å². The van der Waals surface area contributed by atoms with Gasteiger partial charge >= 0.3 is 0 Å². The number of piperidine rings is 1. The molecule has 0 spiro atoms. The molecule has 4 nitrogen and oxygen atoms in total. The molecule has 2 N–H and O–H groups in total. The molecule has 1 aromatic carbocycles. The lowest BCUT2D eigenvalue weighted by Crippen LogP contribution is -2.39. The van der Waals surface area contributed by atoms with Crippen LogP contribution in [0, 0.1) is 0 Å². The highest BCUT2D eigenvalue weighted by Crippen LogP contribution is 2.18. The molecule has 1 unspecified atom stereocenters. The van der Waals surface area contributed by atoms with E-state index in [1.54, 1.807) is 0 Å². The molecule has 124 valence electrons. The lowest BCUT2D eigenvalue weighted by atomic mass is 10.0. The zero-order valence-electron chi connectivity index (χ0n) is 14.0. The monoisotopic (exact) mass is 313 g/mol. The van der Waals surface area contributed by atoms with E-state index in [2.05, 4.69) is 28.2 Å². The molecule has 1 saturated heterocycles. The minimum absolute atomic E-state index is 0.112. The number of carbonyl (C=O) groups excluding carboxylic acids is 1. The average molecular weight is 313 g/mol. The summed E-state index contributed by atoms with van der Waals surface area (Å²) in [6.07, 6.45) is 7.41. The Hall–Kier alpha value is -1.81. The van der Waals surface area contributed by atoms with Gasteiger partial charge in [-0.15, -0.1) is 0 Å². The van der Waals surface area contributed by atoms with Crippen LogP contribution in [0.3, 0.4) is 0 Å². The molecule has 23 heavy (non-hydrogen) atoms. The average Bonchev–Trinajstić information content (AvgIpc) is 2.96. The van der Waals surface area contributed by atoms with Crippen LogP contribution in [0.5, 0.6) is 0 Å². The fraction of sp³-hybridized carbons (Fsp3) is 0.526. The predicted molar refractivity (Wildman–Crippen MR) is 94.5 cm³/mol. The number of rotatable bonds is 6. The van der Waals surface area contributed by atoms with E-state index in [-0.39, 0.29) is 5.91 Å². The molecule has 2 aromatic rings. The van der Waals surface area contributed by atoms with Crippen LogP contribution in [0.4, 0.5) is 0 Å². The Morgan fingerprint density at radius 3 is 3.09 bits per heavy atom. The number of aromatic amines is 1. The molecule has 2 heterocycles. The van der Waals surface area contributed by atoms with Gasteiger partial charge in [-0.3, -0.25) is 4.79 Å². The minimum atomic E-state index is 0.112. The third-order valence-electron chi connectivity index (χ3n) is 4.91. The van der Waals surface area contributed by atoms with Gasteiger partial charge in [0.25, 0.3) is 0 Å². The molecule has 1 amide bonds. The van der Waals surface area contributed by atoms with Gasteiger partial charge in [-0.1, -0.05) is 24.6 Å². The van der Waals surface area contributed by atoms with Crippen molar-refractivity contribution < 1.29 is 4.79 Å². The lowest BCUT2D eigenvalue weighted by molar-refractivity contribution is -0.120. The number of H-pyrrole nitrogens is 1. The maximum absolute atomic E-state index is 12.1. The maximum atomic E-state index is 12.1. The normalized spacial score (nSPS) is 19.1. The first-order valence-electron chi connectivity index (χ1n) is 8.80. The Bertz CT molecular complexity index is 649. The Morgan fingerprint density at radius 2 is 2.22 bits per heavy atom. The van der Waals surface area contributed by atoms with Crippen molar-refractivity contribution in [3.8, 4) is 0 Å². The largest absolute Gasteiger partial charge is 0.361 e. The molecular formula is C19H27N3O. The first-order valence-corrected chi connectivity index (χ1v) is 8.80. The molecule has 1 atom stereocenters. The van der Waals surface area contributed by atoms with Crippen LogP contribution in [0.2, 0.25) is 0 Å². The number of hydrogen-bond donors (Lipinski definition) is 2. The second kappa shape index (κ2) is 7.64. The smallest absolute Gasteiger partial charge is 0.224 e. The molecule has 1 fully saturated rings. The molecule has 1 aliphatic heterocycles. The van der Waals surface area contributed by atoms with Gasteiger partial charge in [0.2, 0.25) is 5.91 Å². The number of aromatic nitrogens is 1. The van der Waals surface area contributed by atoms with Crippen LogP contribution in [0.25, 0.3) is 10.9 Å². The number of carbonyl (C=O) groups is 1. The van der Waals surface area contributed by atoms with Gasteiger partial charge in [-0.05, 0) is 44.4 Å². The minimum Gasteiger partial charge on any atom is -0.361 e. The lowest BCUT2D eigenvalue weighted by Gasteiger charge is -2.33. The van der Waals surface area contributed by atoms with Gasteiger partial charge in [0, 0.05) is 36.2 Å². The first kappa shape index (κ1) is 16.1. The SMILES string of the molecule is CC1CCCCN1CCCNC(=O)Cc1c[nH]c2ccccc12. The summed E-state index contributed by atoms with van der Waals surface area (Å²) in [5, 5.41) is 4.20. The van der Waals surface area contributed by atoms with Crippen molar-refractivity contribution in [2.24, 2.45) is 0 Å². The number of nitrogens with one attached hydrogen (secondary N) is 2. The number of benzene rings is 1. The van der Waals surface area contributed by atoms with Crippen molar-refractivity contribution in [3.05, 3.63) is 36.0 Å². The molecular weight excluding hydrogens is 286 g/mol. The first-order chi connectivity index (χ1) is 11.2. The summed E-state index contributed by atoms with van der Waals surface area (Å²) in [6.45, 7) is 5.39. The van der Waals surface area contributed by atoms with Crippen LogP contribution < -0.4 is 5.32 Å². The molecule has 3 rings (SSSR count). The van der Waals surface area contributed by atoms with Gasteiger partial charge in [0.15, 0.2) is 0 Å². The molecule has 4 heteroatoms. The summed E-state index contributed by atoms with van der Waals surface area (Å²) >= 11 is 0. The Balaban J connectivity index is 1.41. The summed E-state index contributed by atoms with van der Waals surface area (Å²) < 4.78 is 0. The number of likely N-dealkylation sites (tertiary alicyclic amines) is 1. The molecule has 1 aromatic heterocycles. The predicted octanol–water partition coefficient (Wildman–Crippen LogP) is 3.09. The van der Waals surface area contributed by atoms with Crippen molar-refractivity contribution in [2.75, 3.05) is 19.6 Å². The van der Waals surface area contributed by atoms with E-state index in [0.717, 1.165) is 36.0 Å². The van der Waals surface area contributed by atoms with Crippen LogP contribution in [0.1, 0.15) is 38.2 Å². The van der Waals surface area contributed by atoms with Crippen LogP contribution in [-0.4, -0.2) is 41.5 Å². The summed E-state index contributed by atoms with van der Waals surface area (Å²) in [4.78, 5) is 17.9. The van der Waals surface area contributed by atoms with Crippen LogP contribution in [0.15, 0.2) is 30.5 Å². The number of amides is 1. The van der Waals surface area contributed by atoms with Gasteiger partial charge in [-0.2, -0.15) is 0 Å². The van der Waals surface area contributed by atoms with E-state index in [0.29, 0.717) is 12.5 Å². The maximum Gasteiger partial charge on any atom is 0.224 e. The van der Waals surface area contributed by atoms with Gasteiger partial charge < -0.3 is 15.2 Å². The summed E-state index contributed by atoms with van der Waals surface area (Å²) in [6, 6.07) is 8.82. The van der Waals surface area contributed by atoms with Crippen LogP contribution in [-0.2, 0) is 11.2 Å². The zero-order chi connectivity index (χ0) is 16.1. The number of para-hydroxylation sites is 1. The molecule has 0 radical (unpaired) electrons. The topological polar surface area (TPSA) is 48.1 Å². The van der Waals surface area contributed by atoms with Crippen molar-refractivity contribution in [2.45, 2.75) is 45.1 Å². The summed E-state index contributed by atoms with van der Waals surface area (Å²) in [7, 11) is 0. The van der Waals surface area contributed by atoms with Gasteiger partial charge in [0.05, 0.1) is 6.42 Å². The molecule has 1 aliphatic rings. The molecule has 0 saturated carbocycles. The highest BCUT2D eigenvalue weighted by Gasteiger charge is 2.17. The highest BCUT2D eigenvalue weighted by atomic mass is 16.1. The zero-order valence-corrected chi connectivity index (χ0v) is 14.0. The standard InChI is InChI=1S/C19H27N3O/c1-15-7-4-5-11-22(15)12-6-10-20-19(23)13-16-14-21-18-9-3-2-8-17(16)18/h2-3,8-9,14-15,21H,4-7,10-13H2,1H3,(H,20,23). The second-order valence-electron chi connectivity index (χ2n) is 6.62. The molecule has 0 bridgehead atoms. The summed E-state index contributed by atoms with van der Waals surface area (Å²) in [5.41, 5.74) is 2.16. The quantitative estimate of drug-likeness (QED) is 0.805. The molecule has 0 aliphatic carbocycles. The van der Waals surface area contributed by atoms with E-state index >= 15 is 0 Å². The number of nitrogens with zero attached hydrogens (tertiary/aromatic N) is 1. The van der Waals surface area contributed by atoms with Crippen LogP contribution >= 0.6 is 0 Å². The van der Waals surface area contributed by atoms with Crippen molar-refractivity contribution in [3.63, 3.8) is 0 Å². The van der Waals surface area contributed by atoms with Crippen molar-refractivity contribution in [1.82, 2.24) is 15.2 Å². The van der Waals surface area contributed by atoms with Gasteiger partial charge in [0.1, 0.15) is 0 Å². The second-order valence-corrected chi connectivity index (χ2v) is 6.62. The van der Waals surface area contributed by atoms with Gasteiger partial charge in [-0.25, -0.2) is 0 Å². The number of fused-ring (bicyclic) bond motifs is 1. The van der Waals surface area contributed by atoms with Crippen molar-refractivity contribution in [1.29, 1.82) is 0 Å². The van der Waals surface area contributed by atoms with E-state index in [1.807, 2.05) is 24.4 Å². The fourth-order valence-corrected chi connectivity index (χ4v) is 3.51. The fourth-order valence-electron chi connectivity index (χ4n) is 3.51. The van der Waals surface area contributed by atoms with Crippen molar-refractivity contribution >= 4 is 16.8 Å². The third-order valence-corrected chi connectivity index (χ3v) is 4.91. The Morgan fingerprint density at radius 1 is 1.35 bits per heavy atom. The van der Waals surface area contributed by atoms with E-state index < -0.39 is 0 Å². The van der Waals surface area contributed by atoms with E-state index in [1.165, 1.54) is 25.8 Å². The third kappa shape index (κ3) is 4.14. The van der Waals surface area contributed by atoms with E-state index in [9.17, 15) is 4.79 Å². The summed E-state index contributed by atoms with van der Waals surface area (Å²) in [5.74, 6) is 0.112.